The van der Waals surface area contributed by atoms with Gasteiger partial charge in [0.2, 0.25) is 0 Å². The summed E-state index contributed by atoms with van der Waals surface area (Å²) in [6.45, 7) is 6.24. The summed E-state index contributed by atoms with van der Waals surface area (Å²) in [7, 11) is 0. The van der Waals surface area contributed by atoms with E-state index in [4.69, 9.17) is 5.11 Å². The molecule has 118 valence electrons. The Morgan fingerprint density at radius 3 is 2.68 bits per heavy atom. The van der Waals surface area contributed by atoms with Crippen LogP contribution in [0.5, 0.6) is 0 Å². The van der Waals surface area contributed by atoms with Crippen LogP contribution >= 0.6 is 11.3 Å². The van der Waals surface area contributed by atoms with Crippen molar-refractivity contribution < 1.29 is 9.90 Å². The van der Waals surface area contributed by atoms with Crippen molar-refractivity contribution in [1.29, 1.82) is 0 Å². The van der Waals surface area contributed by atoms with E-state index in [0.717, 1.165) is 24.5 Å². The summed E-state index contributed by atoms with van der Waals surface area (Å²) in [5.41, 5.74) is 1.97. The zero-order chi connectivity index (χ0) is 15.9. The largest absolute Gasteiger partial charge is 0.481 e. The average molecular weight is 318 g/mol. The molecule has 1 aromatic heterocycles. The van der Waals surface area contributed by atoms with E-state index < -0.39 is 5.97 Å². The molecule has 0 radical (unpaired) electrons. The number of carbonyl (C=O) groups is 1. The van der Waals surface area contributed by atoms with Crippen LogP contribution in [0.1, 0.15) is 30.1 Å². The molecule has 2 rings (SSSR count). The Hall–Kier alpha value is -1.72. The summed E-state index contributed by atoms with van der Waals surface area (Å²) in [5, 5.41) is 11.6. The molecule has 4 nitrogen and oxygen atoms in total. The van der Waals surface area contributed by atoms with Crippen LogP contribution in [0, 0.1) is 0 Å². The van der Waals surface area contributed by atoms with Crippen LogP contribution in [0.4, 0.5) is 0 Å². The Balaban J connectivity index is 1.91. The highest BCUT2D eigenvalue weighted by Gasteiger charge is 2.12. The van der Waals surface area contributed by atoms with Gasteiger partial charge in [0.25, 0.3) is 0 Å². The predicted molar refractivity (Wildman–Crippen MR) is 89.1 cm³/mol. The number of aromatic nitrogens is 1. The Labute approximate surface area is 135 Å². The quantitative estimate of drug-likeness (QED) is 0.812. The Morgan fingerprint density at radius 2 is 2.05 bits per heavy atom. The smallest absolute Gasteiger partial charge is 0.309 e. The fourth-order valence-corrected chi connectivity index (χ4v) is 3.06. The van der Waals surface area contributed by atoms with E-state index in [0.29, 0.717) is 11.7 Å². The molecule has 2 aromatic rings. The van der Waals surface area contributed by atoms with Crippen molar-refractivity contribution in [3.63, 3.8) is 0 Å². The molecule has 0 saturated carbocycles. The zero-order valence-electron chi connectivity index (χ0n) is 13.0. The molecule has 0 bridgehead atoms. The van der Waals surface area contributed by atoms with E-state index in [9.17, 15) is 4.79 Å². The first-order chi connectivity index (χ1) is 10.5. The van der Waals surface area contributed by atoms with Gasteiger partial charge in [0, 0.05) is 30.9 Å². The normalized spacial score (nSPS) is 11.3. The van der Waals surface area contributed by atoms with Crippen LogP contribution in [0.2, 0.25) is 0 Å². The van der Waals surface area contributed by atoms with E-state index in [1.165, 1.54) is 5.56 Å². The van der Waals surface area contributed by atoms with Crippen LogP contribution < -0.4 is 0 Å². The summed E-state index contributed by atoms with van der Waals surface area (Å²) < 4.78 is 0. The number of thiazole rings is 1. The second kappa shape index (κ2) is 8.06. The van der Waals surface area contributed by atoms with Gasteiger partial charge < -0.3 is 5.11 Å². The molecule has 0 atom stereocenters. The number of aliphatic carboxylic acids is 1. The van der Waals surface area contributed by atoms with Crippen molar-refractivity contribution in [2.24, 2.45) is 0 Å². The van der Waals surface area contributed by atoms with E-state index >= 15 is 0 Å². The van der Waals surface area contributed by atoms with Crippen LogP contribution in [-0.4, -0.2) is 33.5 Å². The van der Waals surface area contributed by atoms with Crippen molar-refractivity contribution >= 4 is 17.3 Å². The summed E-state index contributed by atoms with van der Waals surface area (Å²) in [5.74, 6) is -0.829. The Bertz CT molecular complexity index is 596. The topological polar surface area (TPSA) is 53.4 Å². The number of rotatable bonds is 8. The summed E-state index contributed by atoms with van der Waals surface area (Å²) in [6, 6.07) is 10.9. The molecule has 1 N–H and O–H groups in total. The molecule has 0 saturated heterocycles. The van der Waals surface area contributed by atoms with Gasteiger partial charge in [-0.1, -0.05) is 30.3 Å². The fraction of sp³-hybridized carbons (Fsp3) is 0.412. The lowest BCUT2D eigenvalue weighted by Crippen LogP contribution is -2.32. The monoisotopic (exact) mass is 318 g/mol. The number of benzene rings is 1. The number of hydrogen-bond acceptors (Lipinski definition) is 4. The molecule has 0 unspecified atom stereocenters. The van der Waals surface area contributed by atoms with E-state index in [1.807, 2.05) is 11.4 Å². The lowest BCUT2D eigenvalue weighted by atomic mass is 10.2. The molecular formula is C17H22N2O2S. The number of hydrogen-bond donors (Lipinski definition) is 1. The minimum Gasteiger partial charge on any atom is -0.481 e. The third-order valence-electron chi connectivity index (χ3n) is 3.50. The van der Waals surface area contributed by atoms with Crippen molar-refractivity contribution in [3.8, 4) is 0 Å². The Kier molecular flexibility index (Phi) is 6.10. The summed E-state index contributed by atoms with van der Waals surface area (Å²) >= 11 is 1.55. The second-order valence-corrected chi connectivity index (χ2v) is 6.55. The first-order valence-corrected chi connectivity index (χ1v) is 8.35. The van der Waals surface area contributed by atoms with Gasteiger partial charge in [0.15, 0.2) is 0 Å². The first-order valence-electron chi connectivity index (χ1n) is 7.47. The van der Waals surface area contributed by atoms with Crippen molar-refractivity contribution in [2.45, 2.75) is 39.3 Å². The molecule has 22 heavy (non-hydrogen) atoms. The van der Waals surface area contributed by atoms with Crippen molar-refractivity contribution in [1.82, 2.24) is 9.88 Å². The maximum absolute atomic E-state index is 10.7. The van der Waals surface area contributed by atoms with Gasteiger partial charge in [0.1, 0.15) is 0 Å². The first kappa shape index (κ1) is 16.6. The highest BCUT2D eigenvalue weighted by molar-refractivity contribution is 7.09. The van der Waals surface area contributed by atoms with Crippen LogP contribution in [0.3, 0.4) is 0 Å². The third-order valence-corrected chi connectivity index (χ3v) is 4.46. The van der Waals surface area contributed by atoms with Crippen LogP contribution in [0.15, 0.2) is 35.7 Å². The number of nitrogens with zero attached hydrogens (tertiary/aromatic N) is 2. The molecule has 0 spiro atoms. The zero-order valence-corrected chi connectivity index (χ0v) is 13.8. The molecule has 1 aromatic carbocycles. The minimum absolute atomic E-state index is 0.00834. The lowest BCUT2D eigenvalue weighted by Gasteiger charge is -2.26. The molecule has 5 heteroatoms. The van der Waals surface area contributed by atoms with E-state index in [-0.39, 0.29) is 6.42 Å². The second-order valence-electron chi connectivity index (χ2n) is 5.60. The molecule has 0 aliphatic heterocycles. The predicted octanol–water partition coefficient (Wildman–Crippen LogP) is 3.22. The average Bonchev–Trinajstić information content (AvgIpc) is 2.91. The van der Waals surface area contributed by atoms with Gasteiger partial charge in [-0.05, 0) is 19.4 Å². The summed E-state index contributed by atoms with van der Waals surface area (Å²) in [6.07, 6.45) is 0.865. The van der Waals surface area contributed by atoms with Crippen molar-refractivity contribution in [3.05, 3.63) is 52.0 Å². The van der Waals surface area contributed by atoms with Gasteiger partial charge in [-0.15, -0.1) is 11.3 Å². The molecule has 0 amide bonds. The van der Waals surface area contributed by atoms with E-state index in [2.05, 4.69) is 48.0 Å². The number of carboxylic acids is 1. The lowest BCUT2D eigenvalue weighted by molar-refractivity contribution is -0.136. The SMILES string of the molecule is CC(C)N(CCc1nc(CC(=O)O)cs1)Cc1ccccc1. The molecule has 0 aliphatic rings. The fourth-order valence-electron chi connectivity index (χ4n) is 2.28. The summed E-state index contributed by atoms with van der Waals surface area (Å²) in [4.78, 5) is 17.5. The maximum atomic E-state index is 10.7. The van der Waals surface area contributed by atoms with Gasteiger partial charge in [-0.25, -0.2) is 4.98 Å². The van der Waals surface area contributed by atoms with Gasteiger partial charge in [0.05, 0.1) is 17.1 Å². The van der Waals surface area contributed by atoms with E-state index in [1.54, 1.807) is 11.3 Å². The van der Waals surface area contributed by atoms with Gasteiger partial charge >= 0.3 is 5.97 Å². The molecule has 0 aliphatic carbocycles. The third kappa shape index (κ3) is 5.24. The van der Waals surface area contributed by atoms with Gasteiger partial charge in [-0.3, -0.25) is 9.69 Å². The molecule has 0 fully saturated rings. The standard InChI is InChI=1S/C17H22N2O2S/c1-13(2)19(11-14-6-4-3-5-7-14)9-8-16-18-15(12-22-16)10-17(20)21/h3-7,12-13H,8-11H2,1-2H3,(H,20,21). The highest BCUT2D eigenvalue weighted by atomic mass is 32.1. The maximum Gasteiger partial charge on any atom is 0.309 e. The highest BCUT2D eigenvalue weighted by Crippen LogP contribution is 2.14. The Morgan fingerprint density at radius 1 is 1.32 bits per heavy atom. The molecule has 1 heterocycles. The number of carboxylic acid groups (broad SMARTS) is 1. The minimum atomic E-state index is -0.829. The van der Waals surface area contributed by atoms with Crippen molar-refractivity contribution in [2.75, 3.05) is 6.54 Å². The van der Waals surface area contributed by atoms with Crippen LogP contribution in [0.25, 0.3) is 0 Å². The van der Waals surface area contributed by atoms with Crippen LogP contribution in [-0.2, 0) is 24.2 Å². The van der Waals surface area contributed by atoms with Gasteiger partial charge in [-0.2, -0.15) is 0 Å². The molecular weight excluding hydrogens is 296 g/mol.